The van der Waals surface area contributed by atoms with Crippen LogP contribution in [-0.4, -0.2) is 35.1 Å². The molecule has 0 saturated heterocycles. The number of hydrogen-bond donors (Lipinski definition) is 2. The molecule has 1 heterocycles. The third-order valence-corrected chi connectivity index (χ3v) is 4.13. The first-order valence-electron chi connectivity index (χ1n) is 7.12. The number of phenols is 1. The number of rotatable bonds is 5. The second-order valence-electron chi connectivity index (χ2n) is 5.92. The Hall–Kier alpha value is -1.48. The second kappa shape index (κ2) is 4.89. The van der Waals surface area contributed by atoms with E-state index in [9.17, 15) is 5.11 Å². The van der Waals surface area contributed by atoms with Crippen LogP contribution in [0.25, 0.3) is 10.9 Å². The van der Waals surface area contributed by atoms with Crippen LogP contribution in [0.2, 0.25) is 0 Å². The lowest BCUT2D eigenvalue weighted by atomic mass is 10.1. The number of aromatic hydroxyl groups is 1. The summed E-state index contributed by atoms with van der Waals surface area (Å²) in [7, 11) is 2.19. The molecule has 0 amide bonds. The molecule has 102 valence electrons. The van der Waals surface area contributed by atoms with Crippen molar-refractivity contribution in [2.24, 2.45) is 5.92 Å². The molecule has 2 N–H and O–H groups in total. The van der Waals surface area contributed by atoms with Crippen LogP contribution >= 0.6 is 0 Å². The topological polar surface area (TPSA) is 39.3 Å². The third kappa shape index (κ3) is 2.61. The van der Waals surface area contributed by atoms with Crippen LogP contribution in [0.1, 0.15) is 24.0 Å². The lowest BCUT2D eigenvalue weighted by Crippen LogP contribution is -2.23. The molecule has 3 heteroatoms. The molecule has 0 spiro atoms. The minimum Gasteiger partial charge on any atom is -0.507 e. The molecule has 1 aromatic heterocycles. The average Bonchev–Trinajstić information content (AvgIpc) is 3.07. The van der Waals surface area contributed by atoms with Gasteiger partial charge in [0.15, 0.2) is 0 Å². The van der Waals surface area contributed by atoms with E-state index in [0.717, 1.165) is 29.8 Å². The first kappa shape index (κ1) is 12.5. The molecule has 1 aromatic carbocycles. The van der Waals surface area contributed by atoms with E-state index >= 15 is 0 Å². The standard InChI is InChI=1S/C16H22N2O/c1-11-3-6-14(19)15-13(9-17-16(11)15)7-8-18(2)10-12-4-5-12/h3,6,9,12,17,19H,4-5,7-8,10H2,1-2H3. The Morgan fingerprint density at radius 3 is 2.89 bits per heavy atom. The molecule has 0 atom stereocenters. The van der Waals surface area contributed by atoms with Crippen molar-refractivity contribution >= 4 is 10.9 Å². The van der Waals surface area contributed by atoms with Gasteiger partial charge in [-0.3, -0.25) is 0 Å². The molecule has 0 bridgehead atoms. The Morgan fingerprint density at radius 1 is 1.37 bits per heavy atom. The zero-order valence-corrected chi connectivity index (χ0v) is 11.7. The monoisotopic (exact) mass is 258 g/mol. The Balaban J connectivity index is 1.75. The molecule has 0 unspecified atom stereocenters. The van der Waals surface area contributed by atoms with Gasteiger partial charge in [-0.2, -0.15) is 0 Å². The number of nitrogens with zero attached hydrogens (tertiary/aromatic N) is 1. The minimum absolute atomic E-state index is 0.390. The van der Waals surface area contributed by atoms with Crippen molar-refractivity contribution in [3.63, 3.8) is 0 Å². The van der Waals surface area contributed by atoms with E-state index in [1.54, 1.807) is 6.07 Å². The van der Waals surface area contributed by atoms with Gasteiger partial charge in [0.05, 0.1) is 5.52 Å². The predicted molar refractivity (Wildman–Crippen MR) is 78.6 cm³/mol. The highest BCUT2D eigenvalue weighted by Crippen LogP contribution is 2.31. The molecule has 0 aliphatic heterocycles. The van der Waals surface area contributed by atoms with Gasteiger partial charge in [-0.15, -0.1) is 0 Å². The summed E-state index contributed by atoms with van der Waals surface area (Å²) >= 11 is 0. The van der Waals surface area contributed by atoms with E-state index in [0.29, 0.717) is 5.75 Å². The fourth-order valence-electron chi connectivity index (χ4n) is 2.78. The van der Waals surface area contributed by atoms with E-state index < -0.39 is 0 Å². The van der Waals surface area contributed by atoms with Crippen molar-refractivity contribution in [2.75, 3.05) is 20.1 Å². The number of aryl methyl sites for hydroxylation is 1. The molecule has 19 heavy (non-hydrogen) atoms. The van der Waals surface area contributed by atoms with Crippen LogP contribution in [0, 0.1) is 12.8 Å². The quantitative estimate of drug-likeness (QED) is 0.865. The van der Waals surface area contributed by atoms with E-state index in [4.69, 9.17) is 0 Å². The van der Waals surface area contributed by atoms with Gasteiger partial charge in [-0.05, 0) is 56.3 Å². The van der Waals surface area contributed by atoms with E-state index in [2.05, 4.69) is 23.9 Å². The largest absolute Gasteiger partial charge is 0.507 e. The maximum Gasteiger partial charge on any atom is 0.125 e. The predicted octanol–water partition coefficient (Wildman–Crippen LogP) is 3.07. The van der Waals surface area contributed by atoms with Crippen molar-refractivity contribution in [2.45, 2.75) is 26.2 Å². The lowest BCUT2D eigenvalue weighted by molar-refractivity contribution is 0.325. The van der Waals surface area contributed by atoms with Crippen LogP contribution in [0.15, 0.2) is 18.3 Å². The van der Waals surface area contributed by atoms with Crippen molar-refractivity contribution in [3.05, 3.63) is 29.5 Å². The van der Waals surface area contributed by atoms with Crippen molar-refractivity contribution in [1.82, 2.24) is 9.88 Å². The highest BCUT2D eigenvalue weighted by atomic mass is 16.3. The van der Waals surface area contributed by atoms with Gasteiger partial charge in [-0.1, -0.05) is 6.07 Å². The highest BCUT2D eigenvalue weighted by molar-refractivity contribution is 5.91. The molecule has 1 aliphatic rings. The van der Waals surface area contributed by atoms with E-state index in [1.807, 2.05) is 12.3 Å². The Labute approximate surface area is 114 Å². The van der Waals surface area contributed by atoms with Gasteiger partial charge in [0.2, 0.25) is 0 Å². The lowest BCUT2D eigenvalue weighted by Gasteiger charge is -2.15. The number of aromatic nitrogens is 1. The number of fused-ring (bicyclic) bond motifs is 1. The summed E-state index contributed by atoms with van der Waals surface area (Å²) in [5, 5.41) is 11.1. The Kier molecular flexibility index (Phi) is 3.23. The van der Waals surface area contributed by atoms with Crippen LogP contribution in [0.5, 0.6) is 5.75 Å². The number of hydrogen-bond acceptors (Lipinski definition) is 2. The smallest absolute Gasteiger partial charge is 0.125 e. The summed E-state index contributed by atoms with van der Waals surface area (Å²) in [6.45, 7) is 4.34. The second-order valence-corrected chi connectivity index (χ2v) is 5.92. The SMILES string of the molecule is Cc1ccc(O)c2c(CCN(C)CC3CC3)c[nH]c12. The number of aromatic amines is 1. The fourth-order valence-corrected chi connectivity index (χ4v) is 2.78. The number of nitrogens with one attached hydrogen (secondary N) is 1. The number of likely N-dealkylation sites (N-methyl/N-ethyl adjacent to an activating group) is 1. The molecular formula is C16H22N2O. The van der Waals surface area contributed by atoms with Crippen LogP contribution in [0.4, 0.5) is 0 Å². The van der Waals surface area contributed by atoms with Crippen LogP contribution < -0.4 is 0 Å². The third-order valence-electron chi connectivity index (χ3n) is 4.13. The molecule has 1 aliphatic carbocycles. The Bertz CT molecular complexity index is 584. The average molecular weight is 258 g/mol. The molecular weight excluding hydrogens is 236 g/mol. The number of phenolic OH excluding ortho intramolecular Hbond substituents is 1. The van der Waals surface area contributed by atoms with Gasteiger partial charge >= 0.3 is 0 Å². The van der Waals surface area contributed by atoms with Gasteiger partial charge < -0.3 is 15.0 Å². The first-order chi connectivity index (χ1) is 9.15. The molecule has 2 aromatic rings. The maximum atomic E-state index is 10.1. The summed E-state index contributed by atoms with van der Waals surface area (Å²) in [4.78, 5) is 5.70. The summed E-state index contributed by atoms with van der Waals surface area (Å²) < 4.78 is 0. The molecule has 0 radical (unpaired) electrons. The summed E-state index contributed by atoms with van der Waals surface area (Å²) in [5.41, 5.74) is 3.48. The van der Waals surface area contributed by atoms with Gasteiger partial charge in [0.25, 0.3) is 0 Å². The first-order valence-corrected chi connectivity index (χ1v) is 7.12. The van der Waals surface area contributed by atoms with Gasteiger partial charge in [-0.25, -0.2) is 0 Å². The van der Waals surface area contributed by atoms with Gasteiger partial charge in [0.1, 0.15) is 5.75 Å². The maximum absolute atomic E-state index is 10.1. The Morgan fingerprint density at radius 2 is 2.16 bits per heavy atom. The van der Waals surface area contributed by atoms with Crippen molar-refractivity contribution < 1.29 is 5.11 Å². The molecule has 1 saturated carbocycles. The van der Waals surface area contributed by atoms with E-state index in [1.165, 1.54) is 30.5 Å². The van der Waals surface area contributed by atoms with Crippen LogP contribution in [-0.2, 0) is 6.42 Å². The molecule has 3 rings (SSSR count). The fraction of sp³-hybridized carbons (Fsp3) is 0.500. The number of H-pyrrole nitrogens is 1. The summed E-state index contributed by atoms with van der Waals surface area (Å²) in [6.07, 6.45) is 5.83. The normalized spacial score (nSPS) is 15.5. The number of benzene rings is 1. The molecule has 3 nitrogen and oxygen atoms in total. The summed E-state index contributed by atoms with van der Waals surface area (Å²) in [6, 6.07) is 3.75. The summed E-state index contributed by atoms with van der Waals surface area (Å²) in [5.74, 6) is 1.32. The molecule has 1 fully saturated rings. The zero-order chi connectivity index (χ0) is 13.4. The van der Waals surface area contributed by atoms with Crippen LogP contribution in [0.3, 0.4) is 0 Å². The van der Waals surface area contributed by atoms with Gasteiger partial charge in [0, 0.05) is 24.7 Å². The highest BCUT2D eigenvalue weighted by Gasteiger charge is 2.22. The van der Waals surface area contributed by atoms with E-state index in [-0.39, 0.29) is 0 Å². The minimum atomic E-state index is 0.390. The van der Waals surface area contributed by atoms with Crippen molar-refractivity contribution in [3.8, 4) is 5.75 Å². The zero-order valence-electron chi connectivity index (χ0n) is 11.7. The van der Waals surface area contributed by atoms with Crippen molar-refractivity contribution in [1.29, 1.82) is 0 Å².